The van der Waals surface area contributed by atoms with Gasteiger partial charge in [-0.05, 0) is 13.0 Å². The van der Waals surface area contributed by atoms with Crippen molar-refractivity contribution in [1.29, 1.82) is 0 Å². The maximum atomic E-state index is 12.1. The van der Waals surface area contributed by atoms with Crippen LogP contribution in [0.15, 0.2) is 11.6 Å². The number of nitrogens with one attached hydrogen (secondary N) is 2. The topological polar surface area (TPSA) is 74.3 Å². The van der Waals surface area contributed by atoms with Crippen LogP contribution in [0.3, 0.4) is 0 Å². The first-order chi connectivity index (χ1) is 9.83. The molecule has 1 atom stereocenters. The normalized spacial score (nSPS) is 14.0. The molecule has 0 aliphatic rings. The van der Waals surface area contributed by atoms with Gasteiger partial charge in [-0.25, -0.2) is 9.71 Å². The van der Waals surface area contributed by atoms with Crippen molar-refractivity contribution in [2.24, 2.45) is 0 Å². The van der Waals surface area contributed by atoms with E-state index in [0.717, 1.165) is 18.0 Å². The zero-order valence-electron chi connectivity index (χ0n) is 13.2. The molecule has 122 valence electrons. The summed E-state index contributed by atoms with van der Waals surface area (Å²) >= 11 is 1.54. The highest BCUT2D eigenvalue weighted by Gasteiger charge is 2.19. The second-order valence-electron chi connectivity index (χ2n) is 5.41. The molecule has 0 aliphatic heterocycles. The lowest BCUT2D eigenvalue weighted by Crippen LogP contribution is -2.41. The number of hydrogen-bond acceptors (Lipinski definition) is 5. The minimum atomic E-state index is -3.41. The average molecular weight is 335 g/mol. The third-order valence-corrected chi connectivity index (χ3v) is 5.60. The fraction of sp³-hybridized carbons (Fsp3) is 0.769. The summed E-state index contributed by atoms with van der Waals surface area (Å²) in [5.41, 5.74) is 0. The molecule has 21 heavy (non-hydrogen) atoms. The molecule has 0 bridgehead atoms. The van der Waals surface area contributed by atoms with Gasteiger partial charge in [-0.1, -0.05) is 20.8 Å². The lowest BCUT2D eigenvalue weighted by atomic mass is 10.2. The SMILES string of the molecule is CC(C)NCCCN(C)S(=O)(=O)NCC(C)c1nccs1. The van der Waals surface area contributed by atoms with Crippen LogP contribution in [0, 0.1) is 0 Å². The van der Waals surface area contributed by atoms with Gasteiger partial charge < -0.3 is 5.32 Å². The Labute approximate surface area is 132 Å². The first-order valence-corrected chi connectivity index (χ1v) is 9.48. The second-order valence-corrected chi connectivity index (χ2v) is 8.20. The zero-order valence-corrected chi connectivity index (χ0v) is 14.8. The molecule has 8 heteroatoms. The molecule has 0 amide bonds. The van der Waals surface area contributed by atoms with Crippen LogP contribution in [0.1, 0.15) is 38.1 Å². The molecular formula is C13H26N4O2S2. The van der Waals surface area contributed by atoms with E-state index in [1.165, 1.54) is 4.31 Å². The molecule has 0 spiro atoms. The Kier molecular flexibility index (Phi) is 7.75. The average Bonchev–Trinajstić information content (AvgIpc) is 2.94. The minimum Gasteiger partial charge on any atom is -0.314 e. The fourth-order valence-electron chi connectivity index (χ4n) is 1.72. The number of aromatic nitrogens is 1. The summed E-state index contributed by atoms with van der Waals surface area (Å²) in [5.74, 6) is 0.0794. The maximum Gasteiger partial charge on any atom is 0.279 e. The molecule has 1 unspecified atom stereocenters. The third-order valence-electron chi connectivity index (χ3n) is 3.06. The quantitative estimate of drug-likeness (QED) is 0.634. The molecule has 1 rings (SSSR count). The van der Waals surface area contributed by atoms with E-state index in [1.807, 2.05) is 12.3 Å². The maximum absolute atomic E-state index is 12.1. The van der Waals surface area contributed by atoms with Crippen LogP contribution in [0.5, 0.6) is 0 Å². The number of hydrogen-bond donors (Lipinski definition) is 2. The monoisotopic (exact) mass is 334 g/mol. The lowest BCUT2D eigenvalue weighted by molar-refractivity contribution is 0.437. The van der Waals surface area contributed by atoms with Crippen LogP contribution >= 0.6 is 11.3 Å². The van der Waals surface area contributed by atoms with E-state index in [4.69, 9.17) is 0 Å². The van der Waals surface area contributed by atoms with Crippen molar-refractivity contribution >= 4 is 21.5 Å². The number of thiazole rings is 1. The van der Waals surface area contributed by atoms with Crippen molar-refractivity contribution in [3.05, 3.63) is 16.6 Å². The molecule has 0 saturated carbocycles. The van der Waals surface area contributed by atoms with E-state index in [1.54, 1.807) is 24.6 Å². The summed E-state index contributed by atoms with van der Waals surface area (Å²) in [6, 6.07) is 0.421. The zero-order chi connectivity index (χ0) is 15.9. The second kappa shape index (κ2) is 8.79. The smallest absolute Gasteiger partial charge is 0.279 e. The predicted molar refractivity (Wildman–Crippen MR) is 87.8 cm³/mol. The standard InChI is InChI=1S/C13H26N4O2S2/c1-11(2)14-6-5-8-17(4)21(18,19)16-10-12(3)13-15-7-9-20-13/h7,9,11-12,14,16H,5-6,8,10H2,1-4H3. The summed E-state index contributed by atoms with van der Waals surface area (Å²) in [4.78, 5) is 4.20. The van der Waals surface area contributed by atoms with Crippen molar-refractivity contribution in [3.8, 4) is 0 Å². The largest absolute Gasteiger partial charge is 0.314 e. The van der Waals surface area contributed by atoms with E-state index in [-0.39, 0.29) is 5.92 Å². The molecule has 1 aromatic heterocycles. The van der Waals surface area contributed by atoms with E-state index >= 15 is 0 Å². The molecule has 0 saturated heterocycles. The first-order valence-electron chi connectivity index (χ1n) is 7.16. The van der Waals surface area contributed by atoms with Gasteiger partial charge in [0, 0.05) is 43.7 Å². The summed E-state index contributed by atoms with van der Waals surface area (Å²) in [6.45, 7) is 7.79. The predicted octanol–water partition coefficient (Wildman–Crippen LogP) is 1.40. The summed E-state index contributed by atoms with van der Waals surface area (Å²) in [5, 5.41) is 6.12. The van der Waals surface area contributed by atoms with Gasteiger partial charge in [0.05, 0.1) is 5.01 Å². The molecule has 6 nitrogen and oxygen atoms in total. The molecule has 1 heterocycles. The van der Waals surface area contributed by atoms with Crippen molar-refractivity contribution < 1.29 is 8.42 Å². The molecule has 0 fully saturated rings. The Morgan fingerprint density at radius 3 is 2.67 bits per heavy atom. The van der Waals surface area contributed by atoms with Gasteiger partial charge in [-0.3, -0.25) is 0 Å². The highest BCUT2D eigenvalue weighted by atomic mass is 32.2. The fourth-order valence-corrected chi connectivity index (χ4v) is 3.47. The lowest BCUT2D eigenvalue weighted by Gasteiger charge is -2.19. The Balaban J connectivity index is 2.34. The molecule has 0 radical (unpaired) electrons. The summed E-state index contributed by atoms with van der Waals surface area (Å²) in [7, 11) is -1.81. The minimum absolute atomic E-state index is 0.0794. The van der Waals surface area contributed by atoms with Crippen molar-refractivity contribution in [1.82, 2.24) is 19.3 Å². The molecule has 0 aromatic carbocycles. The van der Waals surface area contributed by atoms with E-state index < -0.39 is 10.2 Å². The van der Waals surface area contributed by atoms with Gasteiger partial charge in [-0.15, -0.1) is 11.3 Å². The highest BCUT2D eigenvalue weighted by Crippen LogP contribution is 2.16. The molecule has 1 aromatic rings. The van der Waals surface area contributed by atoms with Crippen LogP contribution in [-0.4, -0.2) is 50.4 Å². The summed E-state index contributed by atoms with van der Waals surface area (Å²) in [6.07, 6.45) is 2.52. The summed E-state index contributed by atoms with van der Waals surface area (Å²) < 4.78 is 28.2. The van der Waals surface area contributed by atoms with Crippen LogP contribution in [0.2, 0.25) is 0 Å². The van der Waals surface area contributed by atoms with Crippen molar-refractivity contribution in [3.63, 3.8) is 0 Å². The van der Waals surface area contributed by atoms with Crippen LogP contribution < -0.4 is 10.0 Å². The molecular weight excluding hydrogens is 308 g/mol. The van der Waals surface area contributed by atoms with Crippen LogP contribution in [0.4, 0.5) is 0 Å². The Hall–Kier alpha value is -0.540. The van der Waals surface area contributed by atoms with Crippen LogP contribution in [0.25, 0.3) is 0 Å². The van der Waals surface area contributed by atoms with Gasteiger partial charge >= 0.3 is 0 Å². The van der Waals surface area contributed by atoms with Gasteiger partial charge in [-0.2, -0.15) is 12.7 Å². The van der Waals surface area contributed by atoms with Crippen molar-refractivity contribution in [2.75, 3.05) is 26.7 Å². The van der Waals surface area contributed by atoms with Gasteiger partial charge in [0.25, 0.3) is 10.2 Å². The number of nitrogens with zero attached hydrogens (tertiary/aromatic N) is 2. The van der Waals surface area contributed by atoms with E-state index in [0.29, 0.717) is 19.1 Å². The highest BCUT2D eigenvalue weighted by molar-refractivity contribution is 7.87. The van der Waals surface area contributed by atoms with Gasteiger partial charge in [0.2, 0.25) is 0 Å². The Morgan fingerprint density at radius 2 is 2.10 bits per heavy atom. The third kappa shape index (κ3) is 6.84. The number of rotatable bonds is 10. The van der Waals surface area contributed by atoms with E-state index in [2.05, 4.69) is 28.9 Å². The van der Waals surface area contributed by atoms with Crippen molar-refractivity contribution in [2.45, 2.75) is 39.2 Å². The van der Waals surface area contributed by atoms with E-state index in [9.17, 15) is 8.42 Å². The first kappa shape index (κ1) is 18.5. The van der Waals surface area contributed by atoms with Gasteiger partial charge in [0.15, 0.2) is 0 Å². The molecule has 2 N–H and O–H groups in total. The Bertz CT molecular complexity index is 488. The molecule has 0 aliphatic carbocycles. The van der Waals surface area contributed by atoms with Gasteiger partial charge in [0.1, 0.15) is 0 Å². The Morgan fingerprint density at radius 1 is 1.38 bits per heavy atom. The van der Waals surface area contributed by atoms with Crippen LogP contribution in [-0.2, 0) is 10.2 Å².